The van der Waals surface area contributed by atoms with Crippen molar-refractivity contribution in [2.45, 2.75) is 6.54 Å². The first-order chi connectivity index (χ1) is 10.4. The number of hydrogen-bond acceptors (Lipinski definition) is 1. The highest BCUT2D eigenvalue weighted by molar-refractivity contribution is 6.31. The van der Waals surface area contributed by atoms with Crippen LogP contribution in [0.25, 0.3) is 10.9 Å². The number of fused-ring (bicyclic) bond motifs is 1. The zero-order valence-corrected chi connectivity index (χ0v) is 11.9. The highest BCUT2D eigenvalue weighted by Gasteiger charge is 2.15. The predicted octanol–water partition coefficient (Wildman–Crippen LogP) is 4.32. The van der Waals surface area contributed by atoms with Crippen LogP contribution in [0.3, 0.4) is 0 Å². The maximum atomic E-state index is 13.3. The fraction of sp³-hybridized carbons (Fsp3) is 0.0625. The van der Waals surface area contributed by atoms with Gasteiger partial charge in [0.1, 0.15) is 11.6 Å². The molecule has 0 bridgehead atoms. The highest BCUT2D eigenvalue weighted by atomic mass is 35.5. The lowest BCUT2D eigenvalue weighted by molar-refractivity contribution is 0.0699. The standard InChI is InChI=1S/C16H10ClF2NO2/c17-10-1-2-13-14(16(21)22)8-20(15(13)5-10)7-9-3-11(18)6-12(19)4-9/h1-6,8H,7H2,(H,21,22). The highest BCUT2D eigenvalue weighted by Crippen LogP contribution is 2.26. The van der Waals surface area contributed by atoms with Gasteiger partial charge in [0.2, 0.25) is 0 Å². The van der Waals surface area contributed by atoms with E-state index >= 15 is 0 Å². The minimum atomic E-state index is -1.07. The van der Waals surface area contributed by atoms with Crippen LogP contribution in [0, 0.1) is 11.6 Å². The van der Waals surface area contributed by atoms with Crippen LogP contribution in [0.1, 0.15) is 15.9 Å². The molecule has 0 aliphatic carbocycles. The van der Waals surface area contributed by atoms with Crippen molar-refractivity contribution in [3.8, 4) is 0 Å². The van der Waals surface area contributed by atoms with Crippen LogP contribution in [0.15, 0.2) is 42.6 Å². The summed E-state index contributed by atoms with van der Waals surface area (Å²) in [5.41, 5.74) is 1.10. The van der Waals surface area contributed by atoms with Crippen LogP contribution in [0.5, 0.6) is 0 Å². The van der Waals surface area contributed by atoms with Gasteiger partial charge >= 0.3 is 5.97 Å². The third kappa shape index (κ3) is 2.67. The first-order valence-corrected chi connectivity index (χ1v) is 6.78. The summed E-state index contributed by atoms with van der Waals surface area (Å²) in [6, 6.07) is 8.04. The summed E-state index contributed by atoms with van der Waals surface area (Å²) in [6.07, 6.45) is 1.44. The van der Waals surface area contributed by atoms with Crippen LogP contribution in [-0.4, -0.2) is 15.6 Å². The maximum absolute atomic E-state index is 13.3. The molecule has 0 radical (unpaired) electrons. The molecule has 0 fully saturated rings. The minimum absolute atomic E-state index is 0.114. The molecule has 3 rings (SSSR count). The van der Waals surface area contributed by atoms with E-state index in [9.17, 15) is 18.7 Å². The number of aromatic carboxylic acids is 1. The van der Waals surface area contributed by atoms with Gasteiger partial charge in [-0.05, 0) is 29.8 Å². The van der Waals surface area contributed by atoms with Gasteiger partial charge in [0.25, 0.3) is 0 Å². The normalized spacial score (nSPS) is 11.0. The zero-order valence-electron chi connectivity index (χ0n) is 11.2. The summed E-state index contributed by atoms with van der Waals surface area (Å²) < 4.78 is 28.2. The molecule has 1 N–H and O–H groups in total. The number of carbonyl (C=O) groups is 1. The molecule has 0 unspecified atom stereocenters. The number of nitrogens with zero attached hydrogens (tertiary/aromatic N) is 1. The third-order valence-corrected chi connectivity index (χ3v) is 3.59. The molecule has 112 valence electrons. The fourth-order valence-corrected chi connectivity index (χ4v) is 2.63. The van der Waals surface area contributed by atoms with Gasteiger partial charge < -0.3 is 9.67 Å². The van der Waals surface area contributed by atoms with E-state index < -0.39 is 17.6 Å². The molecule has 0 aliphatic rings. The lowest BCUT2D eigenvalue weighted by Crippen LogP contribution is -2.00. The van der Waals surface area contributed by atoms with Crippen molar-refractivity contribution in [2.24, 2.45) is 0 Å². The van der Waals surface area contributed by atoms with E-state index in [1.165, 1.54) is 18.3 Å². The summed E-state index contributed by atoms with van der Waals surface area (Å²) in [5, 5.41) is 10.2. The number of carboxylic acids is 1. The number of rotatable bonds is 3. The van der Waals surface area contributed by atoms with E-state index in [-0.39, 0.29) is 12.1 Å². The molecule has 1 heterocycles. The Labute approximate surface area is 129 Å². The van der Waals surface area contributed by atoms with Gasteiger partial charge in [0, 0.05) is 29.2 Å². The van der Waals surface area contributed by atoms with Crippen molar-refractivity contribution in [1.29, 1.82) is 0 Å². The third-order valence-electron chi connectivity index (χ3n) is 3.35. The van der Waals surface area contributed by atoms with Gasteiger partial charge in [-0.1, -0.05) is 17.7 Å². The number of benzene rings is 2. The first kappa shape index (κ1) is 14.5. The lowest BCUT2D eigenvalue weighted by Gasteiger charge is -2.06. The Hall–Kier alpha value is -2.40. The minimum Gasteiger partial charge on any atom is -0.478 e. The Morgan fingerprint density at radius 3 is 2.45 bits per heavy atom. The van der Waals surface area contributed by atoms with Gasteiger partial charge in [-0.3, -0.25) is 0 Å². The average molecular weight is 322 g/mol. The molecule has 0 aliphatic heterocycles. The Balaban J connectivity index is 2.13. The van der Waals surface area contributed by atoms with Crippen LogP contribution in [-0.2, 0) is 6.54 Å². The van der Waals surface area contributed by atoms with Crippen LogP contribution in [0.4, 0.5) is 8.78 Å². The summed E-state index contributed by atoms with van der Waals surface area (Å²) in [5.74, 6) is -2.43. The van der Waals surface area contributed by atoms with E-state index in [1.807, 2.05) is 0 Å². The largest absolute Gasteiger partial charge is 0.478 e. The molecule has 0 amide bonds. The number of hydrogen-bond donors (Lipinski definition) is 1. The van der Waals surface area contributed by atoms with Crippen molar-refractivity contribution < 1.29 is 18.7 Å². The van der Waals surface area contributed by atoms with Gasteiger partial charge in [0.15, 0.2) is 0 Å². The number of carboxylic acid groups (broad SMARTS) is 1. The second-order valence-corrected chi connectivity index (χ2v) is 5.35. The van der Waals surface area contributed by atoms with Gasteiger partial charge in [0.05, 0.1) is 11.1 Å². The molecule has 22 heavy (non-hydrogen) atoms. The van der Waals surface area contributed by atoms with Gasteiger partial charge in [-0.25, -0.2) is 13.6 Å². The average Bonchev–Trinajstić information content (AvgIpc) is 2.76. The molecule has 0 saturated heterocycles. The van der Waals surface area contributed by atoms with E-state index in [1.54, 1.807) is 22.8 Å². The van der Waals surface area contributed by atoms with E-state index in [0.29, 0.717) is 21.5 Å². The van der Waals surface area contributed by atoms with Gasteiger partial charge in [-0.2, -0.15) is 0 Å². The molecular weight excluding hydrogens is 312 g/mol. The summed E-state index contributed by atoms with van der Waals surface area (Å²) in [6.45, 7) is 0.138. The van der Waals surface area contributed by atoms with Crippen molar-refractivity contribution in [2.75, 3.05) is 0 Å². The molecule has 6 heteroatoms. The monoisotopic (exact) mass is 321 g/mol. The second kappa shape index (κ2) is 5.42. The van der Waals surface area contributed by atoms with Crippen LogP contribution >= 0.6 is 11.6 Å². The Morgan fingerprint density at radius 2 is 1.82 bits per heavy atom. The van der Waals surface area contributed by atoms with Gasteiger partial charge in [-0.15, -0.1) is 0 Å². The molecule has 2 aromatic carbocycles. The fourth-order valence-electron chi connectivity index (χ4n) is 2.47. The second-order valence-electron chi connectivity index (χ2n) is 4.91. The predicted molar refractivity (Wildman–Crippen MR) is 79.4 cm³/mol. The van der Waals surface area contributed by atoms with Crippen molar-refractivity contribution in [3.05, 3.63) is 70.4 Å². The summed E-state index contributed by atoms with van der Waals surface area (Å²) in [4.78, 5) is 11.3. The Morgan fingerprint density at radius 1 is 1.14 bits per heavy atom. The zero-order chi connectivity index (χ0) is 15.9. The topological polar surface area (TPSA) is 42.2 Å². The molecule has 1 aromatic heterocycles. The Bertz CT molecular complexity index is 869. The van der Waals surface area contributed by atoms with E-state index in [0.717, 1.165) is 6.07 Å². The SMILES string of the molecule is O=C(O)c1cn(Cc2cc(F)cc(F)c2)c2cc(Cl)ccc12. The van der Waals surface area contributed by atoms with Crippen molar-refractivity contribution >= 4 is 28.5 Å². The molecule has 0 spiro atoms. The van der Waals surface area contributed by atoms with Crippen LogP contribution in [0.2, 0.25) is 5.02 Å². The molecule has 0 saturated carbocycles. The smallest absolute Gasteiger partial charge is 0.337 e. The quantitative estimate of drug-likeness (QED) is 0.780. The van der Waals surface area contributed by atoms with Crippen molar-refractivity contribution in [3.63, 3.8) is 0 Å². The molecular formula is C16H10ClF2NO2. The summed E-state index contributed by atoms with van der Waals surface area (Å²) >= 11 is 5.95. The molecule has 3 aromatic rings. The number of halogens is 3. The lowest BCUT2D eigenvalue weighted by atomic mass is 10.2. The first-order valence-electron chi connectivity index (χ1n) is 6.41. The van der Waals surface area contributed by atoms with Crippen molar-refractivity contribution in [1.82, 2.24) is 4.57 Å². The summed E-state index contributed by atoms with van der Waals surface area (Å²) in [7, 11) is 0. The molecule has 0 atom stereocenters. The van der Waals surface area contributed by atoms with Crippen LogP contribution < -0.4 is 0 Å². The molecule has 3 nitrogen and oxygen atoms in total. The van der Waals surface area contributed by atoms with E-state index in [2.05, 4.69) is 0 Å². The van der Waals surface area contributed by atoms with E-state index in [4.69, 9.17) is 11.6 Å². The maximum Gasteiger partial charge on any atom is 0.337 e. The number of aromatic nitrogens is 1. The Kier molecular flexibility index (Phi) is 3.58.